The Labute approximate surface area is 314 Å². The van der Waals surface area contributed by atoms with Crippen LogP contribution in [-0.2, 0) is 28.2 Å². The fraction of sp³-hybridized carbons (Fsp3) is 0.905. The largest absolute Gasteiger partial charge is 0.469 e. The molecule has 0 aromatic heterocycles. The van der Waals surface area contributed by atoms with Crippen molar-refractivity contribution in [2.24, 2.45) is 0 Å². The third kappa shape index (κ3) is 41.4. The van der Waals surface area contributed by atoms with Crippen molar-refractivity contribution in [2.45, 2.75) is 232 Å². The zero-order valence-electron chi connectivity index (χ0n) is 33.3. The lowest BCUT2D eigenvalue weighted by molar-refractivity contribution is -0.161. The molecule has 0 fully saturated rings. The molecule has 0 saturated carbocycles. The number of phosphoric acid groups is 1. The molecule has 0 aliphatic heterocycles. The van der Waals surface area contributed by atoms with Gasteiger partial charge in [0.2, 0.25) is 0 Å². The predicted octanol–water partition coefficient (Wildman–Crippen LogP) is 13.0. The van der Waals surface area contributed by atoms with Gasteiger partial charge in [-0.1, -0.05) is 187 Å². The molecule has 0 radical (unpaired) electrons. The molecule has 0 heterocycles. The van der Waals surface area contributed by atoms with Gasteiger partial charge in [-0.05, 0) is 38.5 Å². The fourth-order valence-corrected chi connectivity index (χ4v) is 6.67. The van der Waals surface area contributed by atoms with Crippen LogP contribution < -0.4 is 0 Å². The highest BCUT2D eigenvalue weighted by molar-refractivity contribution is 7.46. The van der Waals surface area contributed by atoms with Crippen LogP contribution >= 0.6 is 7.82 Å². The second-order valence-corrected chi connectivity index (χ2v) is 15.9. The van der Waals surface area contributed by atoms with Crippen molar-refractivity contribution in [3.05, 3.63) is 12.2 Å². The van der Waals surface area contributed by atoms with Gasteiger partial charge in [-0.3, -0.25) is 14.1 Å². The van der Waals surface area contributed by atoms with Gasteiger partial charge in [-0.25, -0.2) is 4.57 Å². The van der Waals surface area contributed by atoms with Crippen molar-refractivity contribution in [2.75, 3.05) is 13.2 Å². The van der Waals surface area contributed by atoms with Gasteiger partial charge < -0.3 is 19.3 Å². The second-order valence-electron chi connectivity index (χ2n) is 14.7. The van der Waals surface area contributed by atoms with Gasteiger partial charge >= 0.3 is 19.8 Å². The first kappa shape index (κ1) is 49.8. The van der Waals surface area contributed by atoms with Crippen molar-refractivity contribution in [1.29, 1.82) is 0 Å². The number of unbranched alkanes of at least 4 members (excludes halogenated alkanes) is 28. The Morgan fingerprint density at radius 1 is 0.490 bits per heavy atom. The molecule has 0 aromatic carbocycles. The summed E-state index contributed by atoms with van der Waals surface area (Å²) in [5.41, 5.74) is 0. The highest BCUT2D eigenvalue weighted by Crippen LogP contribution is 2.36. The van der Waals surface area contributed by atoms with E-state index in [-0.39, 0.29) is 19.4 Å². The molecule has 0 aliphatic rings. The van der Waals surface area contributed by atoms with E-state index in [0.717, 1.165) is 38.5 Å². The van der Waals surface area contributed by atoms with E-state index in [1.807, 2.05) is 0 Å². The Kier molecular flexibility index (Phi) is 37.6. The van der Waals surface area contributed by atoms with E-state index < -0.39 is 32.5 Å². The highest BCUT2D eigenvalue weighted by atomic mass is 31.2. The number of hydrogen-bond donors (Lipinski definition) is 2. The smallest absolute Gasteiger partial charge is 0.462 e. The molecule has 0 bridgehead atoms. The number of hydrogen-bond acceptors (Lipinski definition) is 6. The third-order valence-corrected chi connectivity index (χ3v) is 10.0. The first-order chi connectivity index (χ1) is 24.8. The summed E-state index contributed by atoms with van der Waals surface area (Å²) in [7, 11) is -4.74. The first-order valence-corrected chi connectivity index (χ1v) is 23.0. The van der Waals surface area contributed by atoms with Crippen LogP contribution in [0.1, 0.15) is 226 Å². The summed E-state index contributed by atoms with van der Waals surface area (Å²) in [6, 6.07) is 0. The zero-order chi connectivity index (χ0) is 37.5. The van der Waals surface area contributed by atoms with Crippen LogP contribution in [0.25, 0.3) is 0 Å². The minimum absolute atomic E-state index is 0.216. The van der Waals surface area contributed by atoms with Gasteiger partial charge in [0.1, 0.15) is 6.61 Å². The number of esters is 2. The number of rotatable bonds is 40. The Hall–Kier alpha value is -1.21. The quantitative estimate of drug-likeness (QED) is 0.0275. The van der Waals surface area contributed by atoms with E-state index in [1.165, 1.54) is 154 Å². The Morgan fingerprint density at radius 2 is 0.824 bits per heavy atom. The molecule has 0 aromatic rings. The number of carbonyl (C=O) groups is 2. The van der Waals surface area contributed by atoms with E-state index in [4.69, 9.17) is 19.3 Å². The van der Waals surface area contributed by atoms with Crippen LogP contribution in [0, 0.1) is 0 Å². The van der Waals surface area contributed by atoms with Crippen LogP contribution in [0.5, 0.6) is 0 Å². The van der Waals surface area contributed by atoms with Crippen molar-refractivity contribution in [3.8, 4) is 0 Å². The van der Waals surface area contributed by atoms with Crippen molar-refractivity contribution in [3.63, 3.8) is 0 Å². The summed E-state index contributed by atoms with van der Waals surface area (Å²) in [6.45, 7) is 3.69. The number of ether oxygens (including phenoxy) is 2. The van der Waals surface area contributed by atoms with Gasteiger partial charge in [-0.2, -0.15) is 0 Å². The van der Waals surface area contributed by atoms with E-state index in [9.17, 15) is 14.2 Å². The van der Waals surface area contributed by atoms with Gasteiger partial charge in [0.05, 0.1) is 6.61 Å². The average molecular weight is 745 g/mol. The molecular weight excluding hydrogens is 663 g/mol. The third-order valence-electron chi connectivity index (χ3n) is 9.53. The van der Waals surface area contributed by atoms with Gasteiger partial charge in [0.15, 0.2) is 6.10 Å². The summed E-state index contributed by atoms with van der Waals surface area (Å²) in [5, 5.41) is 0. The molecule has 0 amide bonds. The molecule has 1 unspecified atom stereocenters. The predicted molar refractivity (Wildman–Crippen MR) is 212 cm³/mol. The number of carbonyl (C=O) groups excluding carboxylic acids is 2. The Bertz CT molecular complexity index is 843. The van der Waals surface area contributed by atoms with E-state index in [1.54, 1.807) is 0 Å². The SMILES string of the molecule is CCCCCCCCCC/C=C\CCCCCCCCCCCCCC(=O)OC(COC(=O)CCCCCCCCCCCC)COP(=O)(O)O. The summed E-state index contributed by atoms with van der Waals surface area (Å²) in [5.74, 6) is -0.877. The molecule has 0 aliphatic carbocycles. The molecule has 302 valence electrons. The van der Waals surface area contributed by atoms with Crippen LogP contribution in [-0.4, -0.2) is 41.0 Å². The number of phosphoric ester groups is 1. The maximum Gasteiger partial charge on any atom is 0.469 e. The first-order valence-electron chi connectivity index (χ1n) is 21.5. The topological polar surface area (TPSA) is 119 Å². The molecule has 0 spiro atoms. The van der Waals surface area contributed by atoms with E-state index in [0.29, 0.717) is 6.42 Å². The highest BCUT2D eigenvalue weighted by Gasteiger charge is 2.22. The lowest BCUT2D eigenvalue weighted by atomic mass is 10.0. The van der Waals surface area contributed by atoms with Crippen molar-refractivity contribution < 1.29 is 37.9 Å². The maximum atomic E-state index is 12.4. The number of allylic oxidation sites excluding steroid dienone is 2. The van der Waals surface area contributed by atoms with Gasteiger partial charge in [0, 0.05) is 12.8 Å². The lowest BCUT2D eigenvalue weighted by Gasteiger charge is -2.18. The Balaban J connectivity index is 3.80. The molecule has 9 heteroatoms. The summed E-state index contributed by atoms with van der Waals surface area (Å²) in [6.07, 6.45) is 42.3. The summed E-state index contributed by atoms with van der Waals surface area (Å²) < 4.78 is 26.3. The molecule has 0 saturated heterocycles. The minimum atomic E-state index is -4.74. The molecule has 8 nitrogen and oxygen atoms in total. The summed E-state index contributed by atoms with van der Waals surface area (Å²) >= 11 is 0. The molecule has 2 N–H and O–H groups in total. The fourth-order valence-electron chi connectivity index (χ4n) is 6.31. The zero-order valence-corrected chi connectivity index (χ0v) is 34.2. The Morgan fingerprint density at radius 3 is 1.20 bits per heavy atom. The van der Waals surface area contributed by atoms with Gasteiger partial charge in [-0.15, -0.1) is 0 Å². The van der Waals surface area contributed by atoms with Crippen LogP contribution in [0.2, 0.25) is 0 Å². The second kappa shape index (κ2) is 38.5. The molecule has 0 rings (SSSR count). The average Bonchev–Trinajstić information content (AvgIpc) is 3.10. The van der Waals surface area contributed by atoms with E-state index in [2.05, 4.69) is 30.5 Å². The lowest BCUT2D eigenvalue weighted by Crippen LogP contribution is -2.29. The monoisotopic (exact) mass is 745 g/mol. The van der Waals surface area contributed by atoms with Crippen molar-refractivity contribution >= 4 is 19.8 Å². The van der Waals surface area contributed by atoms with Crippen LogP contribution in [0.3, 0.4) is 0 Å². The molecular formula is C42H81O8P. The van der Waals surface area contributed by atoms with Crippen molar-refractivity contribution in [1.82, 2.24) is 0 Å². The maximum absolute atomic E-state index is 12.4. The van der Waals surface area contributed by atoms with Crippen LogP contribution in [0.15, 0.2) is 12.2 Å². The van der Waals surface area contributed by atoms with E-state index >= 15 is 0 Å². The molecule has 1 atom stereocenters. The normalized spacial score (nSPS) is 12.5. The van der Waals surface area contributed by atoms with Gasteiger partial charge in [0.25, 0.3) is 0 Å². The summed E-state index contributed by atoms with van der Waals surface area (Å²) in [4.78, 5) is 42.7. The molecule has 51 heavy (non-hydrogen) atoms. The minimum Gasteiger partial charge on any atom is -0.462 e. The van der Waals surface area contributed by atoms with Crippen LogP contribution in [0.4, 0.5) is 0 Å². The standard InChI is InChI=1S/C42H81O8P/c1-3-5-7-9-11-13-15-16-17-18-19-20-21-22-23-24-25-26-27-29-31-33-35-37-42(44)50-40(39-49-51(45,46)47)38-48-41(43)36-34-32-30-28-14-12-10-8-6-4-2/h18-19,40H,3-17,20-39H2,1-2H3,(H2,45,46,47)/b19-18-.